The summed E-state index contributed by atoms with van der Waals surface area (Å²) in [4.78, 5) is 35.6. The summed E-state index contributed by atoms with van der Waals surface area (Å²) in [6.07, 6.45) is 0. The fourth-order valence-electron chi connectivity index (χ4n) is 2.99. The lowest BCUT2D eigenvalue weighted by Crippen LogP contribution is -2.24. The zero-order chi connectivity index (χ0) is 22.3. The Bertz CT molecular complexity index is 874. The van der Waals surface area contributed by atoms with Crippen LogP contribution in [0.3, 0.4) is 0 Å². The van der Waals surface area contributed by atoms with E-state index in [4.69, 9.17) is 9.47 Å². The number of Topliss-reactive ketones (excluding diaryl/α,β-unsaturated/α-hetero) is 1. The number of anilines is 1. The van der Waals surface area contributed by atoms with E-state index in [0.29, 0.717) is 11.3 Å². The quantitative estimate of drug-likeness (QED) is 0.478. The third-order valence-corrected chi connectivity index (χ3v) is 4.62. The van der Waals surface area contributed by atoms with Gasteiger partial charge in [0.2, 0.25) is 0 Å². The molecule has 0 aliphatic carbocycles. The lowest BCUT2D eigenvalue weighted by molar-refractivity contribution is -0.149. The number of hydrogen-bond donors (Lipinski definition) is 1. The Kier molecular flexibility index (Phi) is 8.16. The lowest BCUT2D eigenvalue weighted by atomic mass is 9.92. The van der Waals surface area contributed by atoms with Gasteiger partial charge in [-0.05, 0) is 54.2 Å². The van der Waals surface area contributed by atoms with Gasteiger partial charge >= 0.3 is 5.97 Å². The molecule has 0 aliphatic heterocycles. The van der Waals surface area contributed by atoms with E-state index in [1.165, 1.54) is 6.92 Å². The van der Waals surface area contributed by atoms with E-state index in [0.717, 1.165) is 16.8 Å². The summed E-state index contributed by atoms with van der Waals surface area (Å²) in [5.41, 5.74) is 3.42. The Morgan fingerprint density at radius 3 is 1.93 bits per heavy atom. The molecule has 30 heavy (non-hydrogen) atoms. The van der Waals surface area contributed by atoms with E-state index >= 15 is 0 Å². The van der Waals surface area contributed by atoms with E-state index in [9.17, 15) is 14.4 Å². The Balaban J connectivity index is 1.90. The molecule has 6 heteroatoms. The largest absolute Gasteiger partial charge is 0.482 e. The van der Waals surface area contributed by atoms with Crippen molar-refractivity contribution in [3.8, 4) is 5.75 Å². The maximum absolute atomic E-state index is 12.4. The van der Waals surface area contributed by atoms with Gasteiger partial charge in [0.05, 0.1) is 0 Å². The van der Waals surface area contributed by atoms with Gasteiger partial charge < -0.3 is 14.8 Å². The van der Waals surface area contributed by atoms with Crippen LogP contribution in [0.1, 0.15) is 67.9 Å². The van der Waals surface area contributed by atoms with Crippen LogP contribution in [0.2, 0.25) is 0 Å². The summed E-state index contributed by atoms with van der Waals surface area (Å²) in [6, 6.07) is 12.4. The highest BCUT2D eigenvalue weighted by atomic mass is 16.6. The Morgan fingerprint density at radius 2 is 1.43 bits per heavy atom. The fourth-order valence-corrected chi connectivity index (χ4v) is 2.99. The maximum Gasteiger partial charge on any atom is 0.344 e. The van der Waals surface area contributed by atoms with Crippen molar-refractivity contribution in [1.82, 2.24) is 0 Å². The Labute approximate surface area is 177 Å². The van der Waals surface area contributed by atoms with E-state index in [2.05, 4.69) is 33.0 Å². The van der Waals surface area contributed by atoms with Crippen LogP contribution in [0.25, 0.3) is 0 Å². The molecule has 2 aromatic rings. The lowest BCUT2D eigenvalue weighted by Gasteiger charge is -2.20. The summed E-state index contributed by atoms with van der Waals surface area (Å²) in [6.45, 7) is 9.01. The first kappa shape index (κ1) is 23.1. The second-order valence-corrected chi connectivity index (χ2v) is 7.70. The zero-order valence-corrected chi connectivity index (χ0v) is 18.2. The number of hydrogen-bond acceptors (Lipinski definition) is 5. The predicted octanol–water partition coefficient (Wildman–Crippen LogP) is 4.70. The predicted molar refractivity (Wildman–Crippen MR) is 116 cm³/mol. The number of carbonyl (C=O) groups is 3. The van der Waals surface area contributed by atoms with Crippen molar-refractivity contribution in [2.75, 3.05) is 18.5 Å². The van der Waals surface area contributed by atoms with Crippen LogP contribution < -0.4 is 10.1 Å². The van der Waals surface area contributed by atoms with Crippen molar-refractivity contribution < 1.29 is 23.9 Å². The van der Waals surface area contributed by atoms with Crippen molar-refractivity contribution in [2.24, 2.45) is 0 Å². The van der Waals surface area contributed by atoms with Crippen molar-refractivity contribution in [3.05, 3.63) is 59.2 Å². The average Bonchev–Trinajstić information content (AvgIpc) is 2.70. The third-order valence-electron chi connectivity index (χ3n) is 4.62. The monoisotopic (exact) mass is 411 g/mol. The molecule has 0 bridgehead atoms. The zero-order valence-electron chi connectivity index (χ0n) is 18.2. The van der Waals surface area contributed by atoms with Crippen molar-refractivity contribution in [3.63, 3.8) is 0 Å². The molecule has 0 radical (unpaired) electrons. The number of ketones is 1. The first-order valence-corrected chi connectivity index (χ1v) is 10.0. The van der Waals surface area contributed by atoms with Gasteiger partial charge in [-0.25, -0.2) is 4.79 Å². The molecule has 0 fully saturated rings. The van der Waals surface area contributed by atoms with Crippen LogP contribution in [-0.4, -0.2) is 30.9 Å². The second kappa shape index (κ2) is 10.6. The maximum atomic E-state index is 12.4. The standard InChI is InChI=1S/C24H29NO5/c1-15(2)20-7-6-8-21(16(3)4)24(20)25-22(27)13-30-23(28)14-29-19-11-9-18(10-12-19)17(5)26/h6-12,15-16H,13-14H2,1-5H3,(H,25,27). The van der Waals surface area contributed by atoms with Gasteiger partial charge in [0.1, 0.15) is 5.75 Å². The number of carbonyl (C=O) groups excluding carboxylic acids is 3. The van der Waals surface area contributed by atoms with E-state index in [1.807, 2.05) is 18.2 Å². The van der Waals surface area contributed by atoms with Crippen LogP contribution >= 0.6 is 0 Å². The topological polar surface area (TPSA) is 81.7 Å². The molecule has 2 aromatic carbocycles. The molecule has 0 unspecified atom stereocenters. The summed E-state index contributed by atoms with van der Waals surface area (Å²) < 4.78 is 10.4. The van der Waals surface area contributed by atoms with Crippen LogP contribution in [0, 0.1) is 0 Å². The molecule has 0 heterocycles. The van der Waals surface area contributed by atoms with E-state index < -0.39 is 18.5 Å². The molecule has 1 amide bonds. The summed E-state index contributed by atoms with van der Waals surface area (Å²) in [5, 5.41) is 2.90. The number of benzene rings is 2. The highest BCUT2D eigenvalue weighted by molar-refractivity contribution is 5.95. The Morgan fingerprint density at radius 1 is 0.867 bits per heavy atom. The van der Waals surface area contributed by atoms with Crippen LogP contribution in [0.4, 0.5) is 5.69 Å². The highest BCUT2D eigenvalue weighted by Crippen LogP contribution is 2.32. The normalized spacial score (nSPS) is 10.8. The number of para-hydroxylation sites is 1. The summed E-state index contributed by atoms with van der Waals surface area (Å²) in [7, 11) is 0. The molecule has 2 rings (SSSR count). The molecule has 0 spiro atoms. The first-order chi connectivity index (χ1) is 14.2. The van der Waals surface area contributed by atoms with Gasteiger partial charge in [-0.3, -0.25) is 9.59 Å². The number of rotatable bonds is 9. The van der Waals surface area contributed by atoms with Gasteiger partial charge in [0.25, 0.3) is 5.91 Å². The van der Waals surface area contributed by atoms with E-state index in [-0.39, 0.29) is 24.2 Å². The summed E-state index contributed by atoms with van der Waals surface area (Å²) in [5.74, 6) is -0.180. The van der Waals surface area contributed by atoms with Gasteiger partial charge in [-0.1, -0.05) is 45.9 Å². The molecule has 1 N–H and O–H groups in total. The van der Waals surface area contributed by atoms with Gasteiger partial charge in [0.15, 0.2) is 19.0 Å². The fraction of sp³-hybridized carbons (Fsp3) is 0.375. The molecule has 0 aromatic heterocycles. The van der Waals surface area contributed by atoms with Crippen LogP contribution in [0.5, 0.6) is 5.75 Å². The minimum absolute atomic E-state index is 0.0494. The Hall–Kier alpha value is -3.15. The van der Waals surface area contributed by atoms with Crippen molar-refractivity contribution >= 4 is 23.3 Å². The number of esters is 1. The summed E-state index contributed by atoms with van der Waals surface area (Å²) >= 11 is 0. The van der Waals surface area contributed by atoms with Crippen molar-refractivity contribution in [2.45, 2.75) is 46.5 Å². The molecule has 0 atom stereocenters. The minimum Gasteiger partial charge on any atom is -0.482 e. The number of amides is 1. The third kappa shape index (κ3) is 6.44. The van der Waals surface area contributed by atoms with Gasteiger partial charge in [-0.15, -0.1) is 0 Å². The number of nitrogens with one attached hydrogen (secondary N) is 1. The molecule has 0 saturated heterocycles. The molecule has 160 valence electrons. The highest BCUT2D eigenvalue weighted by Gasteiger charge is 2.17. The molecule has 0 aliphatic rings. The van der Waals surface area contributed by atoms with Crippen LogP contribution in [0.15, 0.2) is 42.5 Å². The average molecular weight is 411 g/mol. The second-order valence-electron chi connectivity index (χ2n) is 7.70. The van der Waals surface area contributed by atoms with E-state index in [1.54, 1.807) is 24.3 Å². The first-order valence-electron chi connectivity index (χ1n) is 10.0. The van der Waals surface area contributed by atoms with Crippen LogP contribution in [-0.2, 0) is 14.3 Å². The molecular weight excluding hydrogens is 382 g/mol. The molecule has 0 saturated carbocycles. The van der Waals surface area contributed by atoms with Gasteiger partial charge in [-0.2, -0.15) is 0 Å². The minimum atomic E-state index is -0.651. The molecule has 6 nitrogen and oxygen atoms in total. The SMILES string of the molecule is CC(=O)c1ccc(OCC(=O)OCC(=O)Nc2c(C(C)C)cccc2C(C)C)cc1. The molecular formula is C24H29NO5. The van der Waals surface area contributed by atoms with Crippen molar-refractivity contribution in [1.29, 1.82) is 0 Å². The number of ether oxygens (including phenoxy) is 2. The van der Waals surface area contributed by atoms with Gasteiger partial charge in [0, 0.05) is 11.3 Å². The smallest absolute Gasteiger partial charge is 0.344 e.